The highest BCUT2D eigenvalue weighted by Crippen LogP contribution is 2.63. The van der Waals surface area contributed by atoms with Crippen molar-refractivity contribution in [2.75, 3.05) is 33.0 Å². The molecule has 20 aliphatic carbocycles. The van der Waals surface area contributed by atoms with Crippen LogP contribution in [0.25, 0.3) is 0 Å². The van der Waals surface area contributed by atoms with Crippen molar-refractivity contribution in [1.82, 2.24) is 0 Å². The van der Waals surface area contributed by atoms with Gasteiger partial charge >= 0.3 is 0 Å². The predicted octanol–water partition coefficient (Wildman–Crippen LogP) is 17.1. The molecule has 0 radical (unpaired) electrons. The zero-order chi connectivity index (χ0) is 50.6. The maximum absolute atomic E-state index is 6.39. The Kier molecular flexibility index (Phi) is 17.6. The van der Waals surface area contributed by atoms with Crippen LogP contribution in [0.4, 0.5) is 0 Å². The van der Waals surface area contributed by atoms with Gasteiger partial charge in [0.2, 0.25) is 0 Å². The summed E-state index contributed by atoms with van der Waals surface area (Å²) >= 11 is 0. The minimum atomic E-state index is 0.428. The summed E-state index contributed by atoms with van der Waals surface area (Å²) < 4.78 is 29.8. The Bertz CT molecular complexity index is 1580. The largest absolute Gasteiger partial charge is 0.381 e. The predicted molar refractivity (Wildman–Crippen MR) is 299 cm³/mol. The summed E-state index contributed by atoms with van der Waals surface area (Å²) in [6.45, 7) is 24.7. The Labute approximate surface area is 450 Å². The molecule has 20 fully saturated rings. The van der Waals surface area contributed by atoms with Gasteiger partial charge in [0.05, 0.1) is 37.1 Å². The van der Waals surface area contributed by atoms with Crippen LogP contribution in [0.5, 0.6) is 0 Å². The topological polar surface area (TPSA) is 46.2 Å². The molecule has 2 unspecified atom stereocenters. The molecule has 0 heterocycles. The fourth-order valence-electron chi connectivity index (χ4n) is 23.4. The van der Waals surface area contributed by atoms with Gasteiger partial charge < -0.3 is 23.7 Å². The van der Waals surface area contributed by atoms with Crippen molar-refractivity contribution in [2.24, 2.45) is 129 Å². The number of hydrogen-bond acceptors (Lipinski definition) is 5. The standard InChI is InChI=1S/C15H26O.C14H24O.3C13H22O/c1-9(2)10(3)16-15-13-5-11-4-12(7-13)8-14(15)6-11;1-3-15-10(2)14-7-11-4-12(8-14)6-13(5-11)9-14;1-8(2)14-13-11-4-9-3-10(6-11)7-12(13)5-9;1-2-14-9-13-6-10-3-11(7-13)5-12(4-10)8-13;1-2-14-8-13-11-4-9-3-10(6-11)7-12(13)5-9/h9-15H,4-8H2,1-3H3;10-13H,3-9H2,1-2H3;8-13H,3-7H2,1-2H3;10-12H,2-9H2,1H3;9-13H,2-8H2,1H3. The zero-order valence-electron chi connectivity index (χ0n) is 49.1. The summed E-state index contributed by atoms with van der Waals surface area (Å²) in [7, 11) is 0. The second-order valence-corrected chi connectivity index (χ2v) is 31.2. The first-order chi connectivity index (χ1) is 35.2. The van der Waals surface area contributed by atoms with Crippen molar-refractivity contribution in [3.8, 4) is 0 Å². The lowest BCUT2D eigenvalue weighted by Gasteiger charge is -2.58. The van der Waals surface area contributed by atoms with Crippen LogP contribution >= 0.6 is 0 Å². The van der Waals surface area contributed by atoms with E-state index in [1.807, 2.05) is 0 Å². The molecular weight excluding hydrogens is 897 g/mol. The van der Waals surface area contributed by atoms with Gasteiger partial charge in [0.25, 0.3) is 0 Å². The molecule has 20 aliphatic rings. The maximum Gasteiger partial charge on any atom is 0.0635 e. The van der Waals surface area contributed by atoms with Gasteiger partial charge in [-0.3, -0.25) is 0 Å². The first-order valence-corrected chi connectivity index (χ1v) is 33.3. The molecule has 20 bridgehead atoms. The van der Waals surface area contributed by atoms with Gasteiger partial charge in [-0.25, -0.2) is 0 Å². The molecule has 0 aliphatic heterocycles. The highest BCUT2D eigenvalue weighted by atomic mass is 16.5. The third-order valence-electron chi connectivity index (χ3n) is 25.1. The molecule has 0 N–H and O–H groups in total. The van der Waals surface area contributed by atoms with Crippen LogP contribution in [-0.4, -0.2) is 63.6 Å². The average Bonchev–Trinajstić information content (AvgIpc) is 3.32. The summed E-state index contributed by atoms with van der Waals surface area (Å²) in [6, 6.07) is 0. The summed E-state index contributed by atoms with van der Waals surface area (Å²) in [4.78, 5) is 0. The minimum Gasteiger partial charge on any atom is -0.381 e. The first kappa shape index (κ1) is 54.7. The van der Waals surface area contributed by atoms with Gasteiger partial charge in [0, 0.05) is 26.4 Å². The van der Waals surface area contributed by atoms with Crippen molar-refractivity contribution in [2.45, 2.75) is 266 Å². The first-order valence-electron chi connectivity index (χ1n) is 33.3. The fraction of sp³-hybridized carbons (Fsp3) is 1.00. The van der Waals surface area contributed by atoms with E-state index in [0.29, 0.717) is 47.3 Å². The summed E-state index contributed by atoms with van der Waals surface area (Å²) in [5.41, 5.74) is 1.22. The molecule has 0 aromatic rings. The van der Waals surface area contributed by atoms with Gasteiger partial charge in [-0.2, -0.15) is 0 Å². The molecule has 5 nitrogen and oxygen atoms in total. The van der Waals surface area contributed by atoms with Gasteiger partial charge in [0.1, 0.15) is 0 Å². The summed E-state index contributed by atoms with van der Waals surface area (Å²) in [6.07, 6.45) is 43.3. The van der Waals surface area contributed by atoms with E-state index in [2.05, 4.69) is 62.3 Å². The molecule has 73 heavy (non-hydrogen) atoms. The second-order valence-electron chi connectivity index (χ2n) is 31.2. The van der Waals surface area contributed by atoms with E-state index in [1.54, 1.807) is 38.5 Å². The highest BCUT2D eigenvalue weighted by Gasteiger charge is 2.55. The van der Waals surface area contributed by atoms with Crippen LogP contribution in [0.3, 0.4) is 0 Å². The van der Waals surface area contributed by atoms with Crippen molar-refractivity contribution >= 4 is 0 Å². The van der Waals surface area contributed by atoms with E-state index < -0.39 is 0 Å². The molecule has 5 heteroatoms. The van der Waals surface area contributed by atoms with Crippen LogP contribution in [-0.2, 0) is 23.7 Å². The van der Waals surface area contributed by atoms with Crippen molar-refractivity contribution < 1.29 is 23.7 Å². The summed E-state index contributed by atoms with van der Waals surface area (Å²) in [5, 5.41) is 0. The van der Waals surface area contributed by atoms with Crippen LogP contribution in [0.1, 0.15) is 236 Å². The molecule has 20 saturated carbocycles. The quantitative estimate of drug-likeness (QED) is 0.174. The molecular formula is C68H116O5. The van der Waals surface area contributed by atoms with Gasteiger partial charge in [-0.15, -0.1) is 0 Å². The molecule has 0 amide bonds. The van der Waals surface area contributed by atoms with Crippen LogP contribution in [0.2, 0.25) is 0 Å². The SMILES string of the molecule is CC(C)C(C)OC1C2CC3CC(C2)CC1C3.CC(C)OC1C2CC3CC(C2)CC1C3.CCOC(C)C12CC3CC(CC(C3)C1)C2.CCOCC12CC3CC(CC(C3)C1)C2.CCOCC1C2CC3CC(C2)CC1C3. The third kappa shape index (κ3) is 12.4. The lowest BCUT2D eigenvalue weighted by molar-refractivity contribution is -0.155. The van der Waals surface area contributed by atoms with Gasteiger partial charge in [-0.05, 0) is 351 Å². The number of ether oxygens (including phenoxy) is 5. The van der Waals surface area contributed by atoms with Crippen molar-refractivity contribution in [1.29, 1.82) is 0 Å². The number of hydrogen-bond donors (Lipinski definition) is 0. The van der Waals surface area contributed by atoms with Crippen LogP contribution in [0.15, 0.2) is 0 Å². The Morgan fingerprint density at radius 1 is 0.370 bits per heavy atom. The van der Waals surface area contributed by atoms with E-state index in [4.69, 9.17) is 23.7 Å². The normalized spacial score (nSPS) is 49.4. The monoisotopic (exact) mass is 1010 g/mol. The molecule has 2 atom stereocenters. The van der Waals surface area contributed by atoms with Crippen molar-refractivity contribution in [3.63, 3.8) is 0 Å². The van der Waals surface area contributed by atoms with E-state index in [-0.39, 0.29) is 0 Å². The lowest BCUT2D eigenvalue weighted by Crippen LogP contribution is -2.51. The molecule has 0 saturated heterocycles. The zero-order valence-corrected chi connectivity index (χ0v) is 49.1. The molecule has 0 aromatic heterocycles. The summed E-state index contributed by atoms with van der Waals surface area (Å²) in [5.74, 6) is 20.2. The average molecular weight is 1010 g/mol. The van der Waals surface area contributed by atoms with Crippen LogP contribution < -0.4 is 0 Å². The third-order valence-corrected chi connectivity index (χ3v) is 25.1. The van der Waals surface area contributed by atoms with E-state index in [9.17, 15) is 0 Å². The highest BCUT2D eigenvalue weighted by molar-refractivity contribution is 5.05. The molecule has 20 rings (SSSR count). The van der Waals surface area contributed by atoms with E-state index >= 15 is 0 Å². The Morgan fingerprint density at radius 2 is 0.712 bits per heavy atom. The Hall–Kier alpha value is -0.200. The fourth-order valence-corrected chi connectivity index (χ4v) is 23.4. The molecule has 0 aromatic carbocycles. The van der Waals surface area contributed by atoms with Crippen molar-refractivity contribution in [3.05, 3.63) is 0 Å². The smallest absolute Gasteiger partial charge is 0.0635 e. The van der Waals surface area contributed by atoms with E-state index in [0.717, 1.165) is 145 Å². The van der Waals surface area contributed by atoms with Gasteiger partial charge in [0.15, 0.2) is 0 Å². The Balaban J connectivity index is 0.0000000984. The molecule has 418 valence electrons. The Morgan fingerprint density at radius 3 is 1.05 bits per heavy atom. The second kappa shape index (κ2) is 23.5. The van der Waals surface area contributed by atoms with Gasteiger partial charge in [-0.1, -0.05) is 13.8 Å². The van der Waals surface area contributed by atoms with E-state index in [1.165, 1.54) is 135 Å². The van der Waals surface area contributed by atoms with Crippen LogP contribution in [0, 0.1) is 129 Å². The number of rotatable bonds is 14. The molecule has 0 spiro atoms. The minimum absolute atomic E-state index is 0.428. The lowest BCUT2D eigenvalue weighted by atomic mass is 9.48. The maximum atomic E-state index is 6.39.